The number of rotatable bonds is 3. The summed E-state index contributed by atoms with van der Waals surface area (Å²) in [5.41, 5.74) is 0.380. The standard InChI is InChI=1S/C11H8NO4.C4H9.Sn/c13-9-6-7-10(14)12(9)16-11(15)8-4-2-1-3-5-8;1-4(2)3;/h1-2,4-5H,6-7H2;1-3H3;. The third-order valence-electron chi connectivity index (χ3n) is 2.80. The molecule has 2 rings (SSSR count). The summed E-state index contributed by atoms with van der Waals surface area (Å²) in [5, 5.41) is 0.582. The van der Waals surface area contributed by atoms with Crippen LogP contribution in [0.5, 0.6) is 0 Å². The summed E-state index contributed by atoms with van der Waals surface area (Å²) in [6, 6.07) is 7.27. The second-order valence-corrected chi connectivity index (χ2v) is 12.6. The fourth-order valence-corrected chi connectivity index (χ4v) is 5.58. The van der Waals surface area contributed by atoms with E-state index in [2.05, 4.69) is 20.8 Å². The number of carbonyl (C=O) groups excluding carboxylic acids is 3. The molecule has 0 saturated carbocycles. The van der Waals surface area contributed by atoms with E-state index in [0.29, 0.717) is 10.6 Å². The van der Waals surface area contributed by atoms with Gasteiger partial charge in [-0.3, -0.25) is 0 Å². The van der Waals surface area contributed by atoms with Crippen LogP contribution in [0.3, 0.4) is 0 Å². The monoisotopic (exact) mass is 395 g/mol. The van der Waals surface area contributed by atoms with E-state index in [1.54, 1.807) is 6.07 Å². The van der Waals surface area contributed by atoms with Crippen LogP contribution < -0.4 is 3.58 Å². The molecule has 0 unspecified atom stereocenters. The molecule has 0 atom stereocenters. The summed E-state index contributed by atoms with van der Waals surface area (Å²) in [7, 11) is 0. The predicted molar refractivity (Wildman–Crippen MR) is 78.0 cm³/mol. The van der Waals surface area contributed by atoms with Crippen molar-refractivity contribution in [1.29, 1.82) is 0 Å². The summed E-state index contributed by atoms with van der Waals surface area (Å²) in [5.74, 6) is -1.58. The normalized spacial score (nSPS) is 15.5. The van der Waals surface area contributed by atoms with Crippen molar-refractivity contribution >= 4 is 42.5 Å². The van der Waals surface area contributed by atoms with Gasteiger partial charge in [0.25, 0.3) is 0 Å². The van der Waals surface area contributed by atoms with E-state index in [4.69, 9.17) is 4.84 Å². The Morgan fingerprint density at radius 1 is 1.19 bits per heavy atom. The van der Waals surface area contributed by atoms with Gasteiger partial charge in [-0.1, -0.05) is 0 Å². The molecule has 110 valence electrons. The van der Waals surface area contributed by atoms with Gasteiger partial charge in [-0.05, 0) is 0 Å². The molecule has 0 aromatic heterocycles. The van der Waals surface area contributed by atoms with Crippen LogP contribution >= 0.6 is 0 Å². The topological polar surface area (TPSA) is 63.7 Å². The molecule has 21 heavy (non-hydrogen) atoms. The predicted octanol–water partition coefficient (Wildman–Crippen LogP) is 1.46. The van der Waals surface area contributed by atoms with E-state index < -0.39 is 38.9 Å². The van der Waals surface area contributed by atoms with Gasteiger partial charge in [-0.25, -0.2) is 0 Å². The summed E-state index contributed by atoms with van der Waals surface area (Å²) in [6.07, 6.45) is 0.204. The summed E-state index contributed by atoms with van der Waals surface area (Å²) >= 11 is -0.828. The summed E-state index contributed by atoms with van der Waals surface area (Å²) in [4.78, 5) is 39.9. The molecule has 1 aliphatic rings. The fraction of sp³-hybridized carbons (Fsp3) is 0.400. The molecule has 2 radical (unpaired) electrons. The first kappa shape index (κ1) is 16.0. The minimum atomic E-state index is -0.828. The average Bonchev–Trinajstić information content (AvgIpc) is 2.69. The molecule has 6 heteroatoms. The number of hydrogen-bond donors (Lipinski definition) is 0. The number of imide groups is 1. The Morgan fingerprint density at radius 2 is 1.81 bits per heavy atom. The SMILES string of the molecule is C[C](C)(C)[Sn][c]1cccc(C(=O)ON2C(=O)CCC2=O)c1. The van der Waals surface area contributed by atoms with E-state index in [0.717, 1.165) is 0 Å². The molecular weight excluding hydrogens is 377 g/mol. The van der Waals surface area contributed by atoms with Crippen molar-refractivity contribution in [3.63, 3.8) is 0 Å². The van der Waals surface area contributed by atoms with Crippen molar-refractivity contribution in [2.75, 3.05) is 0 Å². The second-order valence-electron chi connectivity index (χ2n) is 5.92. The Hall–Kier alpha value is -1.37. The maximum atomic E-state index is 12.1. The number of nitrogens with zero attached hydrogens (tertiary/aromatic N) is 1. The van der Waals surface area contributed by atoms with Crippen LogP contribution in [0, 0.1) is 0 Å². The molecule has 1 fully saturated rings. The van der Waals surface area contributed by atoms with Crippen LogP contribution in [0.2, 0.25) is 3.43 Å². The molecule has 1 aromatic carbocycles. The molecule has 2 amide bonds. The Morgan fingerprint density at radius 3 is 2.38 bits per heavy atom. The van der Waals surface area contributed by atoms with Gasteiger partial charge in [0.05, 0.1) is 0 Å². The third kappa shape index (κ3) is 4.30. The molecule has 1 heterocycles. The van der Waals surface area contributed by atoms with Gasteiger partial charge < -0.3 is 0 Å². The van der Waals surface area contributed by atoms with Gasteiger partial charge in [0.1, 0.15) is 0 Å². The molecule has 1 saturated heterocycles. The van der Waals surface area contributed by atoms with Crippen LogP contribution in [0.1, 0.15) is 44.0 Å². The first-order valence-electron chi connectivity index (χ1n) is 6.72. The van der Waals surface area contributed by atoms with Gasteiger partial charge in [0.15, 0.2) is 0 Å². The quantitative estimate of drug-likeness (QED) is 0.576. The maximum absolute atomic E-state index is 12.1. The summed E-state index contributed by atoms with van der Waals surface area (Å²) < 4.78 is 1.45. The first-order chi connectivity index (χ1) is 9.76. The zero-order valence-electron chi connectivity index (χ0n) is 12.3. The van der Waals surface area contributed by atoms with E-state index in [1.807, 2.05) is 18.2 Å². The van der Waals surface area contributed by atoms with Crippen LogP contribution in [0.15, 0.2) is 24.3 Å². The van der Waals surface area contributed by atoms with Gasteiger partial charge in [-0.2, -0.15) is 0 Å². The minimum absolute atomic E-state index is 0.102. The molecule has 0 bridgehead atoms. The molecule has 0 aliphatic carbocycles. The van der Waals surface area contributed by atoms with Crippen LogP contribution in [-0.4, -0.2) is 44.0 Å². The molecule has 1 aromatic rings. The van der Waals surface area contributed by atoms with Crippen LogP contribution in [-0.2, 0) is 14.4 Å². The van der Waals surface area contributed by atoms with E-state index >= 15 is 0 Å². The van der Waals surface area contributed by atoms with E-state index in [9.17, 15) is 14.4 Å². The van der Waals surface area contributed by atoms with Crippen molar-refractivity contribution in [2.45, 2.75) is 37.0 Å². The Balaban J connectivity index is 2.11. The Labute approximate surface area is 133 Å². The molecule has 0 N–H and O–H groups in total. The molecule has 1 aliphatic heterocycles. The summed E-state index contributed by atoms with van der Waals surface area (Å²) in [6.45, 7) is 6.56. The van der Waals surface area contributed by atoms with Crippen molar-refractivity contribution < 1.29 is 19.2 Å². The van der Waals surface area contributed by atoms with E-state index in [-0.39, 0.29) is 16.3 Å². The number of amides is 2. The number of hydrogen-bond acceptors (Lipinski definition) is 4. The molecular formula is C15H17NO4Sn. The molecule has 5 nitrogen and oxygen atoms in total. The van der Waals surface area contributed by atoms with E-state index in [1.165, 1.54) is 3.58 Å². The third-order valence-corrected chi connectivity index (χ3v) is 6.65. The Kier molecular flexibility index (Phi) is 4.70. The fourth-order valence-electron chi connectivity index (χ4n) is 1.95. The van der Waals surface area contributed by atoms with Gasteiger partial charge in [0.2, 0.25) is 0 Å². The zero-order chi connectivity index (χ0) is 15.6. The van der Waals surface area contributed by atoms with Crippen LogP contribution in [0.25, 0.3) is 0 Å². The van der Waals surface area contributed by atoms with Gasteiger partial charge >= 0.3 is 134 Å². The second kappa shape index (κ2) is 6.17. The van der Waals surface area contributed by atoms with Gasteiger partial charge in [-0.15, -0.1) is 0 Å². The number of hydroxylamine groups is 2. The van der Waals surface area contributed by atoms with Crippen molar-refractivity contribution in [3.8, 4) is 0 Å². The Bertz CT molecular complexity index is 576. The zero-order valence-corrected chi connectivity index (χ0v) is 15.2. The number of carbonyl (C=O) groups is 3. The van der Waals surface area contributed by atoms with Crippen molar-refractivity contribution in [3.05, 3.63) is 29.8 Å². The average molecular weight is 394 g/mol. The van der Waals surface area contributed by atoms with Crippen molar-refractivity contribution in [1.82, 2.24) is 5.06 Å². The van der Waals surface area contributed by atoms with Gasteiger partial charge in [0, 0.05) is 0 Å². The van der Waals surface area contributed by atoms with Crippen LogP contribution in [0.4, 0.5) is 0 Å². The number of benzene rings is 1. The first-order valence-corrected chi connectivity index (χ1v) is 9.58. The molecule has 0 spiro atoms. The van der Waals surface area contributed by atoms with Crippen molar-refractivity contribution in [2.24, 2.45) is 0 Å².